The predicted octanol–water partition coefficient (Wildman–Crippen LogP) is 15.7. The van der Waals surface area contributed by atoms with Gasteiger partial charge in [0, 0.05) is 33.4 Å². The highest BCUT2D eigenvalue weighted by Crippen LogP contribution is 2.46. The first-order valence-corrected chi connectivity index (χ1v) is 20.2. The van der Waals surface area contributed by atoms with Crippen LogP contribution in [0.2, 0.25) is 0 Å². The number of hydrogen-bond acceptors (Lipinski definition) is 1. The standard InChI is InChI=1S/C56H44N2/c1-56(2,3)42-33-37-45(38-34-42)57(51-28-12-10-23-48(51)49-27-15-20-41-19-14-25-46(54(41)49)39-17-6-4-7-18-39)44-35-31-40(32-36-44)47-26-16-30-53-55(47)50-24-11-13-29-52(50)58(53)43-21-8-5-9-22-43/h4-38H,1-3H3. The van der Waals surface area contributed by atoms with Crippen LogP contribution in [-0.4, -0.2) is 4.57 Å². The van der Waals surface area contributed by atoms with Gasteiger partial charge in [-0.3, -0.25) is 0 Å². The zero-order valence-corrected chi connectivity index (χ0v) is 33.1. The second-order valence-corrected chi connectivity index (χ2v) is 16.2. The summed E-state index contributed by atoms with van der Waals surface area (Å²) < 4.78 is 2.39. The van der Waals surface area contributed by atoms with Crippen LogP contribution in [0.5, 0.6) is 0 Å². The number of fused-ring (bicyclic) bond motifs is 4. The van der Waals surface area contributed by atoms with Crippen LogP contribution in [0.15, 0.2) is 212 Å². The van der Waals surface area contributed by atoms with Crippen molar-refractivity contribution in [3.8, 4) is 39.1 Å². The summed E-state index contributed by atoms with van der Waals surface area (Å²) in [6, 6.07) is 77.4. The van der Waals surface area contributed by atoms with Crippen molar-refractivity contribution in [2.24, 2.45) is 0 Å². The fourth-order valence-corrected chi connectivity index (χ4v) is 8.76. The van der Waals surface area contributed by atoms with E-state index >= 15 is 0 Å². The maximum absolute atomic E-state index is 2.43. The Labute approximate surface area is 340 Å². The third-order valence-electron chi connectivity index (χ3n) is 11.6. The molecule has 1 heterocycles. The number of nitrogens with zero attached hydrogens (tertiary/aromatic N) is 2. The molecule has 58 heavy (non-hydrogen) atoms. The van der Waals surface area contributed by atoms with Crippen molar-refractivity contribution in [3.63, 3.8) is 0 Å². The molecule has 0 N–H and O–H groups in total. The van der Waals surface area contributed by atoms with E-state index in [1.807, 2.05) is 0 Å². The zero-order chi connectivity index (χ0) is 39.2. The Morgan fingerprint density at radius 1 is 0.379 bits per heavy atom. The number of rotatable bonds is 7. The zero-order valence-electron chi connectivity index (χ0n) is 33.1. The summed E-state index contributed by atoms with van der Waals surface area (Å²) in [6.45, 7) is 6.82. The topological polar surface area (TPSA) is 8.17 Å². The van der Waals surface area contributed by atoms with Gasteiger partial charge >= 0.3 is 0 Å². The van der Waals surface area contributed by atoms with Gasteiger partial charge in [-0.1, -0.05) is 178 Å². The third kappa shape index (κ3) is 6.15. The Kier molecular flexibility index (Phi) is 8.76. The smallest absolute Gasteiger partial charge is 0.0547 e. The normalized spacial score (nSPS) is 11.7. The Bertz CT molecular complexity index is 3050. The SMILES string of the molecule is CC(C)(C)c1ccc(N(c2ccc(-c3cccc4c3c3ccccc3n4-c3ccccc3)cc2)c2ccccc2-c2cccc3cccc(-c4ccccc4)c23)cc1. The van der Waals surface area contributed by atoms with Crippen LogP contribution in [-0.2, 0) is 5.41 Å². The molecule has 0 radical (unpaired) electrons. The van der Waals surface area contributed by atoms with E-state index in [2.05, 4.69) is 243 Å². The van der Waals surface area contributed by atoms with E-state index in [9.17, 15) is 0 Å². The van der Waals surface area contributed by atoms with Crippen molar-refractivity contribution in [1.82, 2.24) is 4.57 Å². The summed E-state index contributed by atoms with van der Waals surface area (Å²) in [6.07, 6.45) is 0. The van der Waals surface area contributed by atoms with Crippen molar-refractivity contribution in [2.45, 2.75) is 26.2 Å². The molecule has 0 unspecified atom stereocenters. The van der Waals surface area contributed by atoms with Gasteiger partial charge in [-0.15, -0.1) is 0 Å². The summed E-state index contributed by atoms with van der Waals surface area (Å²) >= 11 is 0. The maximum atomic E-state index is 2.43. The molecule has 0 aliphatic carbocycles. The van der Waals surface area contributed by atoms with Crippen molar-refractivity contribution < 1.29 is 0 Å². The van der Waals surface area contributed by atoms with Gasteiger partial charge in [0.15, 0.2) is 0 Å². The summed E-state index contributed by atoms with van der Waals surface area (Å²) in [4.78, 5) is 2.43. The van der Waals surface area contributed by atoms with E-state index in [0.29, 0.717) is 0 Å². The highest BCUT2D eigenvalue weighted by atomic mass is 15.1. The van der Waals surface area contributed by atoms with Crippen LogP contribution in [0.25, 0.3) is 71.6 Å². The Hall–Kier alpha value is -7.16. The minimum atomic E-state index is 0.0460. The number of aromatic nitrogens is 1. The molecule has 0 fully saturated rings. The molecular formula is C56H44N2. The Morgan fingerprint density at radius 2 is 0.897 bits per heavy atom. The van der Waals surface area contributed by atoms with Crippen molar-refractivity contribution >= 4 is 49.6 Å². The van der Waals surface area contributed by atoms with Crippen LogP contribution in [0.3, 0.4) is 0 Å². The fourth-order valence-electron chi connectivity index (χ4n) is 8.76. The molecule has 0 bridgehead atoms. The Balaban J connectivity index is 1.15. The van der Waals surface area contributed by atoms with Gasteiger partial charge in [0.25, 0.3) is 0 Å². The molecule has 0 spiro atoms. The van der Waals surface area contributed by atoms with Gasteiger partial charge in [-0.05, 0) is 104 Å². The predicted molar refractivity (Wildman–Crippen MR) is 248 cm³/mol. The van der Waals surface area contributed by atoms with E-state index in [-0.39, 0.29) is 5.41 Å². The van der Waals surface area contributed by atoms with E-state index in [4.69, 9.17) is 0 Å². The molecule has 10 rings (SSSR count). The van der Waals surface area contributed by atoms with Crippen molar-refractivity contribution in [2.75, 3.05) is 4.90 Å². The quantitative estimate of drug-likeness (QED) is 0.158. The average Bonchev–Trinajstić information content (AvgIpc) is 3.62. The van der Waals surface area contributed by atoms with Gasteiger partial charge in [-0.2, -0.15) is 0 Å². The van der Waals surface area contributed by atoms with Gasteiger partial charge < -0.3 is 9.47 Å². The molecule has 1 aromatic heterocycles. The van der Waals surface area contributed by atoms with Gasteiger partial charge in [0.1, 0.15) is 0 Å². The molecule has 0 aliphatic rings. The second-order valence-electron chi connectivity index (χ2n) is 16.2. The first kappa shape index (κ1) is 35.3. The average molecular weight is 745 g/mol. The molecule has 0 amide bonds. The van der Waals surface area contributed by atoms with Gasteiger partial charge in [-0.25, -0.2) is 0 Å². The highest BCUT2D eigenvalue weighted by molar-refractivity contribution is 6.16. The van der Waals surface area contributed by atoms with Crippen LogP contribution in [0.4, 0.5) is 17.1 Å². The van der Waals surface area contributed by atoms with Gasteiger partial charge in [0.2, 0.25) is 0 Å². The molecule has 0 aliphatic heterocycles. The fraction of sp³-hybridized carbons (Fsp3) is 0.0714. The number of anilines is 3. The molecule has 0 atom stereocenters. The van der Waals surface area contributed by atoms with E-state index < -0.39 is 0 Å². The summed E-state index contributed by atoms with van der Waals surface area (Å²) in [5.41, 5.74) is 15.5. The lowest BCUT2D eigenvalue weighted by Crippen LogP contribution is -2.13. The lowest BCUT2D eigenvalue weighted by atomic mass is 9.87. The third-order valence-corrected chi connectivity index (χ3v) is 11.6. The minimum Gasteiger partial charge on any atom is -0.310 e. The van der Waals surface area contributed by atoms with E-state index in [1.54, 1.807) is 0 Å². The number of hydrogen-bond donors (Lipinski definition) is 0. The first-order valence-electron chi connectivity index (χ1n) is 20.2. The highest BCUT2D eigenvalue weighted by Gasteiger charge is 2.22. The molecule has 278 valence electrons. The molecule has 9 aromatic carbocycles. The minimum absolute atomic E-state index is 0.0460. The molecule has 0 saturated heterocycles. The molecule has 0 saturated carbocycles. The van der Waals surface area contributed by atoms with Gasteiger partial charge in [0.05, 0.1) is 16.7 Å². The largest absolute Gasteiger partial charge is 0.310 e. The van der Waals surface area contributed by atoms with Crippen molar-refractivity contribution in [3.05, 3.63) is 218 Å². The molecular weight excluding hydrogens is 701 g/mol. The van der Waals surface area contributed by atoms with E-state index in [1.165, 1.54) is 71.5 Å². The number of benzene rings is 9. The summed E-state index contributed by atoms with van der Waals surface area (Å²) in [7, 11) is 0. The summed E-state index contributed by atoms with van der Waals surface area (Å²) in [5, 5.41) is 4.99. The Morgan fingerprint density at radius 3 is 1.60 bits per heavy atom. The maximum Gasteiger partial charge on any atom is 0.0547 e. The monoisotopic (exact) mass is 744 g/mol. The first-order chi connectivity index (χ1) is 28.4. The van der Waals surface area contributed by atoms with E-state index in [0.717, 1.165) is 22.7 Å². The van der Waals surface area contributed by atoms with Crippen LogP contribution in [0.1, 0.15) is 26.3 Å². The second kappa shape index (κ2) is 14.4. The summed E-state index contributed by atoms with van der Waals surface area (Å²) in [5.74, 6) is 0. The van der Waals surface area contributed by atoms with Crippen LogP contribution >= 0.6 is 0 Å². The lowest BCUT2D eigenvalue weighted by molar-refractivity contribution is 0.590. The molecule has 2 heteroatoms. The molecule has 2 nitrogen and oxygen atoms in total. The van der Waals surface area contributed by atoms with Crippen molar-refractivity contribution in [1.29, 1.82) is 0 Å². The molecule has 10 aromatic rings. The van der Waals surface area contributed by atoms with Crippen LogP contribution in [0, 0.1) is 0 Å². The number of para-hydroxylation sites is 3. The lowest BCUT2D eigenvalue weighted by Gasteiger charge is -2.29. The van der Waals surface area contributed by atoms with Crippen LogP contribution < -0.4 is 4.90 Å².